The molecule has 0 aliphatic carbocycles. The van der Waals surface area contributed by atoms with E-state index in [-0.39, 0.29) is 30.1 Å². The third-order valence-corrected chi connectivity index (χ3v) is 4.36. The SMILES string of the molecule is CC(C1OC1c1ccccc1)N1C(=O)c2ccccc2C1=O. The summed E-state index contributed by atoms with van der Waals surface area (Å²) >= 11 is 0. The highest BCUT2D eigenvalue weighted by molar-refractivity contribution is 6.21. The third-order valence-electron chi connectivity index (χ3n) is 4.36. The predicted octanol–water partition coefficient (Wildman–Crippen LogP) is 2.81. The molecular weight excluding hydrogens is 278 g/mol. The van der Waals surface area contributed by atoms with E-state index < -0.39 is 0 Å². The molecule has 2 aromatic carbocycles. The van der Waals surface area contributed by atoms with Gasteiger partial charge in [0.1, 0.15) is 12.2 Å². The number of nitrogens with zero attached hydrogens (tertiary/aromatic N) is 1. The van der Waals surface area contributed by atoms with E-state index in [1.165, 1.54) is 4.90 Å². The van der Waals surface area contributed by atoms with Gasteiger partial charge in [-0.2, -0.15) is 0 Å². The summed E-state index contributed by atoms with van der Waals surface area (Å²) in [6.45, 7) is 1.87. The molecule has 3 unspecified atom stereocenters. The summed E-state index contributed by atoms with van der Waals surface area (Å²) in [4.78, 5) is 26.3. The molecule has 0 radical (unpaired) electrons. The Bertz CT molecular complexity index is 721. The standard InChI is InChI=1S/C18H15NO3/c1-11(15-16(22-15)12-7-3-2-4-8-12)19-17(20)13-9-5-6-10-14(13)18(19)21/h2-11,15-16H,1H3. The van der Waals surface area contributed by atoms with E-state index in [9.17, 15) is 9.59 Å². The third kappa shape index (κ3) is 1.88. The monoisotopic (exact) mass is 293 g/mol. The van der Waals surface area contributed by atoms with Crippen LogP contribution >= 0.6 is 0 Å². The normalized spacial score (nSPS) is 24.3. The quantitative estimate of drug-likeness (QED) is 0.646. The molecule has 110 valence electrons. The van der Waals surface area contributed by atoms with Gasteiger partial charge in [0.05, 0.1) is 17.2 Å². The molecule has 0 N–H and O–H groups in total. The Morgan fingerprint density at radius 3 is 2.05 bits per heavy atom. The maximum atomic E-state index is 12.5. The Balaban J connectivity index is 1.57. The second-order valence-corrected chi connectivity index (χ2v) is 5.70. The maximum Gasteiger partial charge on any atom is 0.261 e. The summed E-state index contributed by atoms with van der Waals surface area (Å²) in [6, 6.07) is 16.5. The number of benzene rings is 2. The van der Waals surface area contributed by atoms with Crippen molar-refractivity contribution in [3.8, 4) is 0 Å². The van der Waals surface area contributed by atoms with E-state index in [0.29, 0.717) is 11.1 Å². The number of epoxide rings is 1. The molecule has 4 nitrogen and oxygen atoms in total. The highest BCUT2D eigenvalue weighted by atomic mass is 16.6. The summed E-state index contributed by atoms with van der Waals surface area (Å²) in [7, 11) is 0. The summed E-state index contributed by atoms with van der Waals surface area (Å²) in [5.41, 5.74) is 2.04. The van der Waals surface area contributed by atoms with Crippen molar-refractivity contribution in [2.24, 2.45) is 0 Å². The summed E-state index contributed by atoms with van der Waals surface area (Å²) in [5, 5.41) is 0. The zero-order chi connectivity index (χ0) is 15.3. The van der Waals surface area contributed by atoms with Crippen LogP contribution in [0.15, 0.2) is 54.6 Å². The Morgan fingerprint density at radius 1 is 0.909 bits per heavy atom. The van der Waals surface area contributed by atoms with Gasteiger partial charge in [-0.1, -0.05) is 42.5 Å². The van der Waals surface area contributed by atoms with Crippen molar-refractivity contribution in [1.82, 2.24) is 4.90 Å². The molecule has 0 aromatic heterocycles. The van der Waals surface area contributed by atoms with E-state index in [2.05, 4.69) is 0 Å². The fourth-order valence-corrected chi connectivity index (χ4v) is 3.13. The molecule has 2 heterocycles. The molecule has 2 aromatic rings. The van der Waals surface area contributed by atoms with Crippen LogP contribution in [0.4, 0.5) is 0 Å². The summed E-state index contributed by atoms with van der Waals surface area (Å²) < 4.78 is 5.73. The van der Waals surface area contributed by atoms with Crippen LogP contribution in [0.3, 0.4) is 0 Å². The van der Waals surface area contributed by atoms with Crippen molar-refractivity contribution in [1.29, 1.82) is 0 Å². The van der Waals surface area contributed by atoms with Crippen molar-refractivity contribution < 1.29 is 14.3 Å². The molecular formula is C18H15NO3. The van der Waals surface area contributed by atoms with Crippen LogP contribution in [-0.4, -0.2) is 28.9 Å². The van der Waals surface area contributed by atoms with Crippen LogP contribution in [-0.2, 0) is 4.74 Å². The number of rotatable bonds is 3. The first-order chi connectivity index (χ1) is 10.7. The van der Waals surface area contributed by atoms with Crippen LogP contribution in [0.5, 0.6) is 0 Å². The minimum Gasteiger partial charge on any atom is -0.362 e. The van der Waals surface area contributed by atoms with Gasteiger partial charge < -0.3 is 4.74 Å². The summed E-state index contributed by atoms with van der Waals surface area (Å²) in [5.74, 6) is -0.453. The Labute approximate surface area is 128 Å². The Hall–Kier alpha value is -2.46. The fraction of sp³-hybridized carbons (Fsp3) is 0.222. The molecule has 2 amide bonds. The zero-order valence-electron chi connectivity index (χ0n) is 12.1. The second kappa shape index (κ2) is 4.78. The molecule has 0 saturated carbocycles. The van der Waals surface area contributed by atoms with Crippen molar-refractivity contribution in [3.63, 3.8) is 0 Å². The topological polar surface area (TPSA) is 49.9 Å². The average molecular weight is 293 g/mol. The maximum absolute atomic E-state index is 12.5. The lowest BCUT2D eigenvalue weighted by molar-refractivity contribution is 0.0572. The van der Waals surface area contributed by atoms with Gasteiger partial charge in [-0.25, -0.2) is 0 Å². The van der Waals surface area contributed by atoms with Crippen LogP contribution in [0, 0.1) is 0 Å². The van der Waals surface area contributed by atoms with Gasteiger partial charge in [0, 0.05) is 0 Å². The number of fused-ring (bicyclic) bond motifs is 1. The van der Waals surface area contributed by atoms with Crippen LogP contribution < -0.4 is 0 Å². The zero-order valence-corrected chi connectivity index (χ0v) is 12.1. The van der Waals surface area contributed by atoms with E-state index >= 15 is 0 Å². The number of imide groups is 1. The van der Waals surface area contributed by atoms with Gasteiger partial charge in [-0.3, -0.25) is 14.5 Å². The van der Waals surface area contributed by atoms with E-state index in [1.807, 2.05) is 37.3 Å². The van der Waals surface area contributed by atoms with E-state index in [0.717, 1.165) is 5.56 Å². The van der Waals surface area contributed by atoms with E-state index in [4.69, 9.17) is 4.74 Å². The minimum atomic E-state index is -0.280. The number of carbonyl (C=O) groups excluding carboxylic acids is 2. The molecule has 0 bridgehead atoms. The van der Waals surface area contributed by atoms with Crippen LogP contribution in [0.25, 0.3) is 0 Å². The number of carbonyl (C=O) groups is 2. The molecule has 0 spiro atoms. The first-order valence-corrected chi connectivity index (χ1v) is 7.36. The van der Waals surface area contributed by atoms with Crippen molar-refractivity contribution in [2.75, 3.05) is 0 Å². The lowest BCUT2D eigenvalue weighted by atomic mass is 10.1. The molecule has 4 heteroatoms. The smallest absolute Gasteiger partial charge is 0.261 e. The largest absolute Gasteiger partial charge is 0.362 e. The average Bonchev–Trinajstić information content (AvgIpc) is 3.32. The Morgan fingerprint density at radius 2 is 1.45 bits per heavy atom. The lowest BCUT2D eigenvalue weighted by Crippen LogP contribution is -2.41. The fourth-order valence-electron chi connectivity index (χ4n) is 3.13. The van der Waals surface area contributed by atoms with Gasteiger partial charge in [-0.05, 0) is 24.6 Å². The van der Waals surface area contributed by atoms with Crippen molar-refractivity contribution in [2.45, 2.75) is 25.2 Å². The molecule has 22 heavy (non-hydrogen) atoms. The van der Waals surface area contributed by atoms with Crippen molar-refractivity contribution >= 4 is 11.8 Å². The van der Waals surface area contributed by atoms with Gasteiger partial charge in [-0.15, -0.1) is 0 Å². The van der Waals surface area contributed by atoms with Gasteiger partial charge in [0.25, 0.3) is 11.8 Å². The first kappa shape index (κ1) is 13.2. The van der Waals surface area contributed by atoms with Gasteiger partial charge in [0.15, 0.2) is 0 Å². The highest BCUT2D eigenvalue weighted by Crippen LogP contribution is 2.43. The lowest BCUT2D eigenvalue weighted by Gasteiger charge is -2.20. The van der Waals surface area contributed by atoms with E-state index in [1.54, 1.807) is 24.3 Å². The molecule has 1 fully saturated rings. The van der Waals surface area contributed by atoms with Gasteiger partial charge in [0.2, 0.25) is 0 Å². The predicted molar refractivity (Wildman–Crippen MR) is 80.5 cm³/mol. The number of hydrogen-bond acceptors (Lipinski definition) is 3. The van der Waals surface area contributed by atoms with Crippen LogP contribution in [0.2, 0.25) is 0 Å². The number of amides is 2. The number of hydrogen-bond donors (Lipinski definition) is 0. The number of ether oxygens (including phenoxy) is 1. The molecule has 4 rings (SSSR count). The molecule has 2 aliphatic heterocycles. The molecule has 1 saturated heterocycles. The van der Waals surface area contributed by atoms with Gasteiger partial charge >= 0.3 is 0 Å². The van der Waals surface area contributed by atoms with Crippen LogP contribution in [0.1, 0.15) is 39.3 Å². The second-order valence-electron chi connectivity index (χ2n) is 5.70. The molecule has 3 atom stereocenters. The Kier molecular flexibility index (Phi) is 2.87. The first-order valence-electron chi connectivity index (χ1n) is 7.36. The van der Waals surface area contributed by atoms with Crippen molar-refractivity contribution in [3.05, 3.63) is 71.3 Å². The highest BCUT2D eigenvalue weighted by Gasteiger charge is 2.50. The summed E-state index contributed by atoms with van der Waals surface area (Å²) in [6.07, 6.45) is -0.176. The minimum absolute atomic E-state index is 0.0412. The molecule has 2 aliphatic rings.